The summed E-state index contributed by atoms with van der Waals surface area (Å²) in [6.07, 6.45) is 1.70. The van der Waals surface area contributed by atoms with Gasteiger partial charge in [-0.3, -0.25) is 9.36 Å². The highest BCUT2D eigenvalue weighted by Crippen LogP contribution is 2.19. The van der Waals surface area contributed by atoms with Crippen LogP contribution in [0.4, 0.5) is 0 Å². The molecule has 0 unspecified atom stereocenters. The minimum Gasteiger partial charge on any atom is -0.497 e. The molecule has 0 atom stereocenters. The summed E-state index contributed by atoms with van der Waals surface area (Å²) >= 11 is 0. The van der Waals surface area contributed by atoms with Crippen LogP contribution in [0.3, 0.4) is 0 Å². The standard InChI is InChI=1S/C17H19N3O2/c1-11(18)17(12(2)19)13-4-9-16(21)20(10-13)14-5-7-15(22-3)8-6-14/h4-10,18H,19H2,1-3H3/b17-12+,18-11?. The second kappa shape index (κ2) is 6.30. The van der Waals surface area contributed by atoms with Crippen molar-refractivity contribution in [2.24, 2.45) is 5.73 Å². The number of aromatic nitrogens is 1. The van der Waals surface area contributed by atoms with Crippen LogP contribution in [0.1, 0.15) is 19.4 Å². The number of nitrogens with one attached hydrogen (secondary N) is 1. The summed E-state index contributed by atoms with van der Waals surface area (Å²) in [5.74, 6) is 0.724. The molecule has 0 aliphatic heterocycles. The first kappa shape index (κ1) is 15.6. The molecule has 5 heteroatoms. The molecule has 2 rings (SSSR count). The number of pyridine rings is 1. The van der Waals surface area contributed by atoms with E-state index in [2.05, 4.69) is 0 Å². The number of allylic oxidation sites excluding steroid dienone is 2. The first-order valence-electron chi connectivity index (χ1n) is 6.83. The van der Waals surface area contributed by atoms with Crippen LogP contribution >= 0.6 is 0 Å². The lowest BCUT2D eigenvalue weighted by Crippen LogP contribution is -2.18. The van der Waals surface area contributed by atoms with Gasteiger partial charge in [0.15, 0.2) is 0 Å². The Morgan fingerprint density at radius 1 is 1.14 bits per heavy atom. The van der Waals surface area contributed by atoms with Gasteiger partial charge in [0.25, 0.3) is 5.56 Å². The van der Waals surface area contributed by atoms with Gasteiger partial charge in [0.2, 0.25) is 0 Å². The first-order valence-corrected chi connectivity index (χ1v) is 6.83. The predicted molar refractivity (Wildman–Crippen MR) is 88.8 cm³/mol. The Hall–Kier alpha value is -2.82. The number of ether oxygens (including phenoxy) is 1. The average Bonchev–Trinajstić information content (AvgIpc) is 2.48. The topological polar surface area (TPSA) is 81.1 Å². The zero-order chi connectivity index (χ0) is 16.3. The highest BCUT2D eigenvalue weighted by atomic mass is 16.5. The van der Waals surface area contributed by atoms with Crippen molar-refractivity contribution in [3.05, 3.63) is 64.2 Å². The van der Waals surface area contributed by atoms with E-state index in [1.165, 1.54) is 10.6 Å². The average molecular weight is 297 g/mol. The fourth-order valence-electron chi connectivity index (χ4n) is 2.32. The van der Waals surface area contributed by atoms with Gasteiger partial charge in [-0.2, -0.15) is 0 Å². The first-order chi connectivity index (χ1) is 10.4. The Balaban J connectivity index is 2.58. The number of methoxy groups -OCH3 is 1. The van der Waals surface area contributed by atoms with Crippen molar-refractivity contribution in [2.45, 2.75) is 13.8 Å². The number of hydrogen-bond acceptors (Lipinski definition) is 4. The maximum atomic E-state index is 12.1. The van der Waals surface area contributed by atoms with Gasteiger partial charge < -0.3 is 15.9 Å². The van der Waals surface area contributed by atoms with E-state index in [9.17, 15) is 4.79 Å². The highest BCUT2D eigenvalue weighted by Gasteiger charge is 2.10. The van der Waals surface area contributed by atoms with E-state index in [-0.39, 0.29) is 5.56 Å². The Bertz CT molecular complexity index is 782. The summed E-state index contributed by atoms with van der Waals surface area (Å²) in [6, 6.07) is 10.4. The van der Waals surface area contributed by atoms with Gasteiger partial charge in [-0.05, 0) is 44.2 Å². The molecule has 0 aliphatic rings. The molecular weight excluding hydrogens is 278 g/mol. The molecule has 0 saturated carbocycles. The van der Waals surface area contributed by atoms with Gasteiger partial charge >= 0.3 is 0 Å². The third kappa shape index (κ3) is 3.09. The van der Waals surface area contributed by atoms with Crippen LogP contribution in [0.25, 0.3) is 11.3 Å². The maximum Gasteiger partial charge on any atom is 0.255 e. The summed E-state index contributed by atoms with van der Waals surface area (Å²) < 4.78 is 6.65. The van der Waals surface area contributed by atoms with Crippen LogP contribution in [-0.4, -0.2) is 17.4 Å². The second-order valence-corrected chi connectivity index (χ2v) is 5.01. The van der Waals surface area contributed by atoms with Crippen LogP contribution in [0.5, 0.6) is 5.75 Å². The number of rotatable bonds is 4. The zero-order valence-electron chi connectivity index (χ0n) is 12.9. The zero-order valence-corrected chi connectivity index (χ0v) is 12.9. The fourth-order valence-corrected chi connectivity index (χ4v) is 2.32. The van der Waals surface area contributed by atoms with Crippen molar-refractivity contribution in [3.63, 3.8) is 0 Å². The van der Waals surface area contributed by atoms with Crippen LogP contribution in [0, 0.1) is 5.41 Å². The van der Waals surface area contributed by atoms with Crippen LogP contribution in [0.15, 0.2) is 53.1 Å². The van der Waals surface area contributed by atoms with Crippen molar-refractivity contribution in [2.75, 3.05) is 7.11 Å². The van der Waals surface area contributed by atoms with Crippen LogP contribution in [-0.2, 0) is 0 Å². The van der Waals surface area contributed by atoms with E-state index in [0.717, 1.165) is 17.0 Å². The van der Waals surface area contributed by atoms with E-state index in [0.29, 0.717) is 17.0 Å². The monoisotopic (exact) mass is 297 g/mol. The van der Waals surface area contributed by atoms with Gasteiger partial charge in [-0.1, -0.05) is 0 Å². The summed E-state index contributed by atoms with van der Waals surface area (Å²) in [5.41, 5.74) is 8.74. The fraction of sp³-hybridized carbons (Fsp3) is 0.176. The molecule has 0 radical (unpaired) electrons. The van der Waals surface area contributed by atoms with E-state index in [1.54, 1.807) is 57.5 Å². The number of hydrogen-bond donors (Lipinski definition) is 2. The third-order valence-corrected chi connectivity index (χ3v) is 3.32. The molecule has 0 saturated heterocycles. The largest absolute Gasteiger partial charge is 0.497 e. The van der Waals surface area contributed by atoms with Gasteiger partial charge in [0.05, 0.1) is 7.11 Å². The molecule has 0 aliphatic carbocycles. The number of nitrogens with two attached hydrogens (primary N) is 1. The lowest BCUT2D eigenvalue weighted by molar-refractivity contribution is 0.414. The molecule has 114 valence electrons. The van der Waals surface area contributed by atoms with Crippen LogP contribution < -0.4 is 16.0 Å². The minimum atomic E-state index is -0.148. The molecule has 2 aromatic rings. The normalized spacial score (nSPS) is 11.8. The lowest BCUT2D eigenvalue weighted by atomic mass is 10.0. The van der Waals surface area contributed by atoms with E-state index < -0.39 is 0 Å². The maximum absolute atomic E-state index is 12.1. The number of nitrogens with zero attached hydrogens (tertiary/aromatic N) is 1. The molecule has 1 aromatic heterocycles. The second-order valence-electron chi connectivity index (χ2n) is 5.01. The molecule has 0 amide bonds. The van der Waals surface area contributed by atoms with Crippen molar-refractivity contribution in [1.29, 1.82) is 5.41 Å². The Morgan fingerprint density at radius 2 is 1.77 bits per heavy atom. The molecule has 1 aromatic carbocycles. The quantitative estimate of drug-likeness (QED) is 0.851. The van der Waals surface area contributed by atoms with E-state index >= 15 is 0 Å². The van der Waals surface area contributed by atoms with E-state index in [1.807, 2.05) is 0 Å². The molecular formula is C17H19N3O2. The van der Waals surface area contributed by atoms with Crippen molar-refractivity contribution < 1.29 is 4.74 Å². The Labute approximate surface area is 129 Å². The molecule has 5 nitrogen and oxygen atoms in total. The van der Waals surface area contributed by atoms with Crippen molar-refractivity contribution in [1.82, 2.24) is 4.57 Å². The Kier molecular flexibility index (Phi) is 4.46. The summed E-state index contributed by atoms with van der Waals surface area (Å²) in [6.45, 7) is 3.42. The SMILES string of the molecule is COc1ccc(-n2cc(/C(C(C)=N)=C(\C)N)ccc2=O)cc1. The van der Waals surface area contributed by atoms with Gasteiger partial charge in [0, 0.05) is 40.5 Å². The summed E-state index contributed by atoms with van der Waals surface area (Å²) in [4.78, 5) is 12.1. The van der Waals surface area contributed by atoms with Gasteiger partial charge in [0.1, 0.15) is 5.75 Å². The number of benzene rings is 1. The van der Waals surface area contributed by atoms with Crippen molar-refractivity contribution >= 4 is 11.3 Å². The molecule has 0 bridgehead atoms. The minimum absolute atomic E-state index is 0.148. The predicted octanol–water partition coefficient (Wildman–Crippen LogP) is 2.58. The molecule has 0 spiro atoms. The van der Waals surface area contributed by atoms with Crippen molar-refractivity contribution in [3.8, 4) is 11.4 Å². The highest BCUT2D eigenvalue weighted by molar-refractivity contribution is 6.21. The molecule has 22 heavy (non-hydrogen) atoms. The summed E-state index contributed by atoms with van der Waals surface area (Å²) in [5, 5.41) is 7.86. The van der Waals surface area contributed by atoms with Crippen LogP contribution in [0.2, 0.25) is 0 Å². The molecule has 1 heterocycles. The van der Waals surface area contributed by atoms with Gasteiger partial charge in [-0.25, -0.2) is 0 Å². The molecule has 0 fully saturated rings. The lowest BCUT2D eigenvalue weighted by Gasteiger charge is -2.12. The summed E-state index contributed by atoms with van der Waals surface area (Å²) in [7, 11) is 1.59. The third-order valence-electron chi connectivity index (χ3n) is 3.32. The smallest absolute Gasteiger partial charge is 0.255 e. The van der Waals surface area contributed by atoms with E-state index in [4.69, 9.17) is 15.9 Å². The van der Waals surface area contributed by atoms with Gasteiger partial charge in [-0.15, -0.1) is 0 Å². The molecule has 3 N–H and O–H groups in total. The Morgan fingerprint density at radius 3 is 2.27 bits per heavy atom.